The molecule has 1 aliphatic rings. The van der Waals surface area contributed by atoms with E-state index < -0.39 is 5.91 Å². The van der Waals surface area contributed by atoms with E-state index in [0.717, 1.165) is 37.3 Å². The number of anilines is 4. The number of carbonyl (C=O) groups excluding carboxylic acids is 1. The van der Waals surface area contributed by atoms with Crippen LogP contribution in [0.1, 0.15) is 21.5 Å². The van der Waals surface area contributed by atoms with E-state index in [0.29, 0.717) is 27.8 Å². The molecule has 2 heterocycles. The van der Waals surface area contributed by atoms with Crippen molar-refractivity contribution in [1.29, 1.82) is 0 Å². The van der Waals surface area contributed by atoms with Gasteiger partial charge in [-0.25, -0.2) is 9.37 Å². The Bertz CT molecular complexity index is 1570. The van der Waals surface area contributed by atoms with Gasteiger partial charge in [-0.05, 0) is 62.4 Å². The molecule has 0 saturated carbocycles. The highest BCUT2D eigenvalue weighted by molar-refractivity contribution is 6.42. The van der Waals surface area contributed by atoms with E-state index in [4.69, 9.17) is 27.9 Å². The summed E-state index contributed by atoms with van der Waals surface area (Å²) in [7, 11) is 2.05. The summed E-state index contributed by atoms with van der Waals surface area (Å²) in [6, 6.07) is 15.4. The van der Waals surface area contributed by atoms with Crippen molar-refractivity contribution in [3.63, 3.8) is 0 Å². The number of likely N-dealkylation sites (N-methyl/N-ethyl adjacent to an activating group) is 1. The quantitative estimate of drug-likeness (QED) is 0.236. The first-order valence-corrected chi connectivity index (χ1v) is 13.8. The van der Waals surface area contributed by atoms with Crippen LogP contribution in [0.3, 0.4) is 0 Å². The molecule has 0 atom stereocenters. The Morgan fingerprint density at radius 2 is 1.71 bits per heavy atom. The monoisotopic (exact) mass is 594 g/mol. The summed E-state index contributed by atoms with van der Waals surface area (Å²) < 4.78 is 21.1. The second-order valence-electron chi connectivity index (χ2n) is 9.89. The maximum absolute atomic E-state index is 15.1. The zero-order valence-corrected chi connectivity index (χ0v) is 24.4. The smallest absolute Gasteiger partial charge is 0.262 e. The fourth-order valence-corrected chi connectivity index (χ4v) is 4.81. The SMILES string of the molecule is Cc1cccc(C)c1NC(=O)c1cnc(Nc2ccc(N3CCN(C)CC3)c(F)c2)nc1Oc1ccc(Cl)c(Cl)c1. The summed E-state index contributed by atoms with van der Waals surface area (Å²) in [6.45, 7) is 7.08. The molecule has 0 radical (unpaired) electrons. The number of hydrogen-bond donors (Lipinski definition) is 2. The van der Waals surface area contributed by atoms with Crippen molar-refractivity contribution in [3.05, 3.63) is 93.3 Å². The topological polar surface area (TPSA) is 82.6 Å². The first-order chi connectivity index (χ1) is 19.7. The van der Waals surface area contributed by atoms with E-state index in [2.05, 4.69) is 32.5 Å². The number of amides is 1. The number of nitrogens with zero attached hydrogens (tertiary/aromatic N) is 4. The van der Waals surface area contributed by atoms with Crippen molar-refractivity contribution >= 4 is 52.1 Å². The Hall–Kier alpha value is -3.92. The number of aryl methyl sites for hydroxylation is 2. The lowest BCUT2D eigenvalue weighted by molar-refractivity contribution is 0.102. The predicted molar refractivity (Wildman–Crippen MR) is 162 cm³/mol. The first-order valence-electron chi connectivity index (χ1n) is 13.1. The number of piperazine rings is 1. The van der Waals surface area contributed by atoms with Gasteiger partial charge in [-0.3, -0.25) is 4.79 Å². The van der Waals surface area contributed by atoms with Crippen molar-refractivity contribution in [1.82, 2.24) is 14.9 Å². The third-order valence-electron chi connectivity index (χ3n) is 6.87. The van der Waals surface area contributed by atoms with E-state index in [9.17, 15) is 4.79 Å². The molecule has 1 saturated heterocycles. The van der Waals surface area contributed by atoms with Gasteiger partial charge in [0.2, 0.25) is 11.8 Å². The van der Waals surface area contributed by atoms with Gasteiger partial charge in [0.25, 0.3) is 5.91 Å². The number of nitrogens with one attached hydrogen (secondary N) is 2. The standard InChI is InChI=1S/C30H29Cl2FN6O2/c1-18-5-4-6-19(2)27(18)36-28(40)22-17-34-30(37-29(22)41-21-8-9-23(31)24(32)16-21)35-20-7-10-26(25(33)15-20)39-13-11-38(3)12-14-39/h4-10,15-17H,11-14H2,1-3H3,(H,36,40)(H,34,35,37). The number of para-hydroxylation sites is 1. The molecule has 0 aliphatic carbocycles. The summed E-state index contributed by atoms with van der Waals surface area (Å²) in [5.74, 6) is -0.370. The molecular formula is C30H29Cl2FN6O2. The summed E-state index contributed by atoms with van der Waals surface area (Å²) >= 11 is 12.2. The zero-order valence-electron chi connectivity index (χ0n) is 22.8. The molecule has 1 fully saturated rings. The maximum Gasteiger partial charge on any atom is 0.262 e. The third-order valence-corrected chi connectivity index (χ3v) is 7.61. The lowest BCUT2D eigenvalue weighted by Crippen LogP contribution is -2.44. The van der Waals surface area contributed by atoms with Crippen LogP contribution in [0.4, 0.5) is 27.4 Å². The fourth-order valence-electron chi connectivity index (χ4n) is 4.52. The van der Waals surface area contributed by atoms with Crippen LogP contribution in [0.5, 0.6) is 11.6 Å². The van der Waals surface area contributed by atoms with E-state index in [1.165, 1.54) is 18.3 Å². The van der Waals surface area contributed by atoms with E-state index in [1.54, 1.807) is 24.3 Å². The molecular weight excluding hydrogens is 566 g/mol. The van der Waals surface area contributed by atoms with Gasteiger partial charge < -0.3 is 25.2 Å². The van der Waals surface area contributed by atoms with E-state index in [1.807, 2.05) is 36.9 Å². The fraction of sp³-hybridized carbons (Fsp3) is 0.233. The molecule has 1 amide bonds. The van der Waals surface area contributed by atoms with Crippen LogP contribution >= 0.6 is 23.2 Å². The number of halogens is 3. The second-order valence-corrected chi connectivity index (χ2v) is 10.7. The highest BCUT2D eigenvalue weighted by Crippen LogP contribution is 2.32. The number of rotatable bonds is 7. The average molecular weight is 596 g/mol. The van der Waals surface area contributed by atoms with Crippen molar-refractivity contribution in [2.75, 3.05) is 48.8 Å². The van der Waals surface area contributed by atoms with Crippen LogP contribution in [0, 0.1) is 19.7 Å². The summed E-state index contributed by atoms with van der Waals surface area (Å²) in [5, 5.41) is 6.60. The van der Waals surface area contributed by atoms with Gasteiger partial charge in [0.05, 0.1) is 15.7 Å². The van der Waals surface area contributed by atoms with Gasteiger partial charge in [-0.2, -0.15) is 4.98 Å². The number of hydrogen-bond acceptors (Lipinski definition) is 7. The molecule has 11 heteroatoms. The highest BCUT2D eigenvalue weighted by Gasteiger charge is 2.21. The van der Waals surface area contributed by atoms with Gasteiger partial charge in [0, 0.05) is 49.8 Å². The molecule has 1 aliphatic heterocycles. The van der Waals surface area contributed by atoms with Crippen molar-refractivity contribution in [2.24, 2.45) is 0 Å². The molecule has 0 spiro atoms. The molecule has 8 nitrogen and oxygen atoms in total. The average Bonchev–Trinajstić information content (AvgIpc) is 2.94. The van der Waals surface area contributed by atoms with Crippen molar-refractivity contribution < 1.29 is 13.9 Å². The number of benzene rings is 3. The molecule has 212 valence electrons. The van der Waals surface area contributed by atoms with Crippen molar-refractivity contribution in [2.45, 2.75) is 13.8 Å². The lowest BCUT2D eigenvalue weighted by Gasteiger charge is -2.34. The van der Waals surface area contributed by atoms with Crippen LogP contribution in [-0.4, -0.2) is 54.0 Å². The largest absolute Gasteiger partial charge is 0.438 e. The molecule has 0 bridgehead atoms. The van der Waals surface area contributed by atoms with Gasteiger partial charge >= 0.3 is 0 Å². The van der Waals surface area contributed by atoms with Crippen LogP contribution < -0.4 is 20.3 Å². The predicted octanol–water partition coefficient (Wildman–Crippen LogP) is 7.08. The first kappa shape index (κ1) is 28.6. The second kappa shape index (κ2) is 12.3. The van der Waals surface area contributed by atoms with Gasteiger partial charge in [-0.1, -0.05) is 41.4 Å². The summed E-state index contributed by atoms with van der Waals surface area (Å²) in [6.07, 6.45) is 1.36. The number of aromatic nitrogens is 2. The minimum Gasteiger partial charge on any atom is -0.438 e. The number of carbonyl (C=O) groups is 1. The summed E-state index contributed by atoms with van der Waals surface area (Å²) in [4.78, 5) is 26.4. The van der Waals surface area contributed by atoms with Gasteiger partial charge in [0.15, 0.2) is 0 Å². The third kappa shape index (κ3) is 6.70. The van der Waals surface area contributed by atoms with E-state index >= 15 is 4.39 Å². The molecule has 41 heavy (non-hydrogen) atoms. The summed E-state index contributed by atoms with van der Waals surface area (Å²) in [5.41, 5.74) is 3.61. The normalized spacial score (nSPS) is 13.7. The number of ether oxygens (including phenoxy) is 1. The van der Waals surface area contributed by atoms with Gasteiger partial charge in [0.1, 0.15) is 17.1 Å². The molecule has 2 N–H and O–H groups in total. The minimum atomic E-state index is -0.452. The molecule has 1 aromatic heterocycles. The molecule has 5 rings (SSSR count). The lowest BCUT2D eigenvalue weighted by atomic mass is 10.1. The van der Waals surface area contributed by atoms with Gasteiger partial charge in [-0.15, -0.1) is 0 Å². The van der Waals surface area contributed by atoms with Crippen LogP contribution in [0.2, 0.25) is 10.0 Å². The van der Waals surface area contributed by atoms with Crippen LogP contribution in [0.25, 0.3) is 0 Å². The maximum atomic E-state index is 15.1. The van der Waals surface area contributed by atoms with Crippen molar-refractivity contribution in [3.8, 4) is 11.6 Å². The Balaban J connectivity index is 1.43. The van der Waals surface area contributed by atoms with E-state index in [-0.39, 0.29) is 28.2 Å². The molecule has 3 aromatic carbocycles. The Labute approximate surface area is 248 Å². The Morgan fingerprint density at radius 3 is 2.39 bits per heavy atom. The van der Waals surface area contributed by atoms with Crippen LogP contribution in [-0.2, 0) is 0 Å². The Kier molecular flexibility index (Phi) is 8.58. The Morgan fingerprint density at radius 1 is 0.976 bits per heavy atom. The minimum absolute atomic E-state index is 0.0147. The molecule has 0 unspecified atom stereocenters. The highest BCUT2D eigenvalue weighted by atomic mass is 35.5. The zero-order chi connectivity index (χ0) is 29.1. The molecule has 4 aromatic rings. The van der Waals surface area contributed by atoms with Crippen LogP contribution in [0.15, 0.2) is 60.8 Å².